The smallest absolute Gasteiger partial charge is 0.338 e. The van der Waals surface area contributed by atoms with E-state index < -0.39 is 17.8 Å². The van der Waals surface area contributed by atoms with E-state index in [1.54, 1.807) is 49.1 Å². The van der Waals surface area contributed by atoms with Crippen molar-refractivity contribution in [2.75, 3.05) is 21.7 Å². The van der Waals surface area contributed by atoms with Crippen molar-refractivity contribution in [3.8, 4) is 0 Å². The van der Waals surface area contributed by atoms with Gasteiger partial charge in [0.2, 0.25) is 0 Å². The summed E-state index contributed by atoms with van der Waals surface area (Å²) in [5, 5.41) is 2.61. The minimum absolute atomic E-state index is 0.106. The van der Waals surface area contributed by atoms with Crippen LogP contribution in [0.3, 0.4) is 0 Å². The zero-order valence-corrected chi connectivity index (χ0v) is 21.9. The minimum atomic E-state index is -0.721. The maximum Gasteiger partial charge on any atom is 0.338 e. The first-order valence-electron chi connectivity index (χ1n) is 12.0. The number of nitrogens with zero attached hydrogens (tertiary/aromatic N) is 2. The molecule has 3 amide bonds. The third-order valence-electron chi connectivity index (χ3n) is 5.74. The molecule has 0 saturated heterocycles. The Bertz CT molecular complexity index is 1420. The molecule has 3 aromatic carbocycles. The molecule has 9 heteroatoms. The third-order valence-corrected chi connectivity index (χ3v) is 6.09. The molecule has 1 heterocycles. The van der Waals surface area contributed by atoms with Gasteiger partial charge in [-0.15, -0.1) is 0 Å². The second kappa shape index (κ2) is 11.3. The largest absolute Gasteiger partial charge is 0.459 e. The van der Waals surface area contributed by atoms with Crippen LogP contribution in [0.4, 0.5) is 17.1 Å². The molecule has 8 nitrogen and oxygen atoms in total. The van der Waals surface area contributed by atoms with Crippen LogP contribution in [0.15, 0.2) is 89.6 Å². The van der Waals surface area contributed by atoms with Gasteiger partial charge in [-0.3, -0.25) is 14.4 Å². The molecule has 194 valence electrons. The van der Waals surface area contributed by atoms with Crippen LogP contribution in [0.25, 0.3) is 0 Å². The Labute approximate surface area is 225 Å². The monoisotopic (exact) mass is 531 g/mol. The Kier molecular flexibility index (Phi) is 7.93. The average Bonchev–Trinajstić information content (AvgIpc) is 3.12. The molecule has 0 spiro atoms. The molecule has 0 radical (unpaired) electrons. The van der Waals surface area contributed by atoms with Gasteiger partial charge in [0.05, 0.1) is 17.4 Å². The van der Waals surface area contributed by atoms with E-state index >= 15 is 0 Å². The van der Waals surface area contributed by atoms with Gasteiger partial charge in [0.15, 0.2) is 0 Å². The van der Waals surface area contributed by atoms with Crippen molar-refractivity contribution in [3.63, 3.8) is 0 Å². The number of para-hydroxylation sites is 1. The van der Waals surface area contributed by atoms with Gasteiger partial charge in [0, 0.05) is 23.5 Å². The first kappa shape index (κ1) is 26.6. The molecule has 0 fully saturated rings. The van der Waals surface area contributed by atoms with Crippen LogP contribution in [0, 0.1) is 0 Å². The zero-order chi connectivity index (χ0) is 27.4. The van der Waals surface area contributed by atoms with Gasteiger partial charge in [-0.1, -0.05) is 35.9 Å². The molecule has 0 aliphatic carbocycles. The number of carbonyl (C=O) groups is 4. The number of carbonyl (C=O) groups excluding carboxylic acids is 4. The van der Waals surface area contributed by atoms with Gasteiger partial charge in [-0.25, -0.2) is 9.69 Å². The van der Waals surface area contributed by atoms with E-state index in [1.165, 1.54) is 18.2 Å². The van der Waals surface area contributed by atoms with Crippen molar-refractivity contribution in [2.45, 2.75) is 26.9 Å². The highest BCUT2D eigenvalue weighted by atomic mass is 35.5. The normalized spacial score (nSPS) is 13.2. The molecule has 0 aromatic heterocycles. The van der Waals surface area contributed by atoms with E-state index in [-0.39, 0.29) is 34.0 Å². The molecule has 0 unspecified atom stereocenters. The molecule has 1 aliphatic rings. The Morgan fingerprint density at radius 1 is 0.921 bits per heavy atom. The minimum Gasteiger partial charge on any atom is -0.459 e. The van der Waals surface area contributed by atoms with Crippen LogP contribution in [-0.2, 0) is 14.3 Å². The summed E-state index contributed by atoms with van der Waals surface area (Å²) in [7, 11) is 0. The molecule has 0 atom stereocenters. The molecule has 38 heavy (non-hydrogen) atoms. The summed E-state index contributed by atoms with van der Waals surface area (Å²) >= 11 is 6.25. The summed E-state index contributed by atoms with van der Waals surface area (Å²) in [6, 6.07) is 21.9. The van der Waals surface area contributed by atoms with Gasteiger partial charge >= 0.3 is 5.97 Å². The van der Waals surface area contributed by atoms with Crippen molar-refractivity contribution < 1.29 is 23.9 Å². The summed E-state index contributed by atoms with van der Waals surface area (Å²) in [5.74, 6) is -2.13. The zero-order valence-electron chi connectivity index (χ0n) is 21.1. The number of anilines is 3. The number of amides is 3. The van der Waals surface area contributed by atoms with Crippen LogP contribution in [0.2, 0.25) is 0 Å². The standard InChI is InChI=1S/C29H26ClN3O5/c1-4-32(22-10-6-5-7-11-22)26(34)19-13-15-21(16-14-19)31-25-24(30)27(35)33(28(25)36)23-12-8-9-20(17-23)29(37)38-18(2)3/h5-18,31H,4H2,1-3H3. The summed E-state index contributed by atoms with van der Waals surface area (Å²) in [6.07, 6.45) is -0.321. The van der Waals surface area contributed by atoms with Gasteiger partial charge < -0.3 is 15.0 Å². The molecule has 0 bridgehead atoms. The second-order valence-electron chi connectivity index (χ2n) is 8.73. The number of ether oxygens (including phenoxy) is 1. The van der Waals surface area contributed by atoms with Crippen LogP contribution < -0.4 is 15.1 Å². The van der Waals surface area contributed by atoms with E-state index in [1.807, 2.05) is 37.3 Å². The predicted molar refractivity (Wildman–Crippen MR) is 146 cm³/mol. The van der Waals surface area contributed by atoms with Crippen molar-refractivity contribution in [1.82, 2.24) is 0 Å². The van der Waals surface area contributed by atoms with E-state index in [0.29, 0.717) is 17.8 Å². The number of imide groups is 1. The highest BCUT2D eigenvalue weighted by Gasteiger charge is 2.39. The van der Waals surface area contributed by atoms with E-state index in [2.05, 4.69) is 5.32 Å². The highest BCUT2D eigenvalue weighted by molar-refractivity contribution is 6.53. The first-order chi connectivity index (χ1) is 18.2. The lowest BCUT2D eigenvalue weighted by atomic mass is 10.1. The second-order valence-corrected chi connectivity index (χ2v) is 9.10. The van der Waals surface area contributed by atoms with Crippen molar-refractivity contribution >= 4 is 52.4 Å². The fraction of sp³-hybridized carbons (Fsp3) is 0.172. The van der Waals surface area contributed by atoms with Crippen LogP contribution in [0.5, 0.6) is 0 Å². The predicted octanol–water partition coefficient (Wildman–Crippen LogP) is 5.35. The maximum atomic E-state index is 13.2. The summed E-state index contributed by atoms with van der Waals surface area (Å²) in [4.78, 5) is 53.9. The molecular weight excluding hydrogens is 506 g/mol. The number of esters is 1. The number of rotatable bonds is 8. The van der Waals surface area contributed by atoms with Gasteiger partial charge in [-0.2, -0.15) is 0 Å². The molecule has 1 aliphatic heterocycles. The number of benzene rings is 3. The van der Waals surface area contributed by atoms with Crippen LogP contribution in [0.1, 0.15) is 41.5 Å². The number of nitrogens with one attached hydrogen (secondary N) is 1. The fourth-order valence-corrected chi connectivity index (χ4v) is 4.16. The van der Waals surface area contributed by atoms with E-state index in [9.17, 15) is 19.2 Å². The third kappa shape index (κ3) is 5.45. The number of hydrogen-bond donors (Lipinski definition) is 1. The number of halogens is 1. The fourth-order valence-electron chi connectivity index (χ4n) is 3.95. The highest BCUT2D eigenvalue weighted by Crippen LogP contribution is 2.31. The quantitative estimate of drug-likeness (QED) is 0.311. The van der Waals surface area contributed by atoms with Gasteiger partial charge in [-0.05, 0) is 75.4 Å². The van der Waals surface area contributed by atoms with Gasteiger partial charge in [0.25, 0.3) is 17.7 Å². The van der Waals surface area contributed by atoms with Gasteiger partial charge in [0.1, 0.15) is 10.7 Å². The SMILES string of the molecule is CCN(C(=O)c1ccc(NC2=C(Cl)C(=O)N(c3cccc(C(=O)OC(C)C)c3)C2=O)cc1)c1ccccc1. The maximum absolute atomic E-state index is 13.2. The molecule has 3 aromatic rings. The lowest BCUT2D eigenvalue weighted by Gasteiger charge is -2.21. The first-order valence-corrected chi connectivity index (χ1v) is 12.4. The summed E-state index contributed by atoms with van der Waals surface area (Å²) in [6.45, 7) is 5.84. The summed E-state index contributed by atoms with van der Waals surface area (Å²) < 4.78 is 5.20. The Morgan fingerprint density at radius 2 is 1.61 bits per heavy atom. The van der Waals surface area contributed by atoms with Crippen LogP contribution in [-0.4, -0.2) is 36.3 Å². The van der Waals surface area contributed by atoms with Crippen LogP contribution >= 0.6 is 11.6 Å². The lowest BCUT2D eigenvalue weighted by molar-refractivity contribution is -0.120. The topological polar surface area (TPSA) is 96.0 Å². The molecule has 0 saturated carbocycles. The number of hydrogen-bond acceptors (Lipinski definition) is 6. The van der Waals surface area contributed by atoms with Crippen molar-refractivity contribution in [1.29, 1.82) is 0 Å². The average molecular weight is 532 g/mol. The molecule has 1 N–H and O–H groups in total. The van der Waals surface area contributed by atoms with E-state index in [4.69, 9.17) is 16.3 Å². The van der Waals surface area contributed by atoms with E-state index in [0.717, 1.165) is 10.6 Å². The molecule has 4 rings (SSSR count). The van der Waals surface area contributed by atoms with Crippen molar-refractivity contribution in [3.05, 3.63) is 101 Å². The lowest BCUT2D eigenvalue weighted by Crippen LogP contribution is -2.32. The Balaban J connectivity index is 1.51. The van der Waals surface area contributed by atoms with Crippen molar-refractivity contribution in [2.24, 2.45) is 0 Å². The Morgan fingerprint density at radius 3 is 2.24 bits per heavy atom. The Hall–Kier alpha value is -4.43. The molecular formula is C29H26ClN3O5. The summed E-state index contributed by atoms with van der Waals surface area (Å²) in [5.41, 5.74) is 2.00.